The second-order valence-corrected chi connectivity index (χ2v) is 15.4. The molecule has 12 aromatic rings. The summed E-state index contributed by atoms with van der Waals surface area (Å²) in [7, 11) is 0. The average Bonchev–Trinajstić information content (AvgIpc) is 3.85. The molecule has 0 N–H and O–H groups in total. The summed E-state index contributed by atoms with van der Waals surface area (Å²) in [4.78, 5) is 16.0. The quantitative estimate of drug-likeness (QED) is 0.169. The molecule has 0 atom stereocenters. The summed E-state index contributed by atoms with van der Waals surface area (Å²) in [6, 6.07) is 62.0. The van der Waals surface area contributed by atoms with Crippen molar-refractivity contribution in [3.05, 3.63) is 176 Å². The maximum absolute atomic E-state index is 6.27. The second-order valence-electron chi connectivity index (χ2n) is 14.3. The summed E-state index contributed by atoms with van der Waals surface area (Å²) < 4.78 is 8.68. The maximum Gasteiger partial charge on any atom is 0.165 e. The van der Waals surface area contributed by atoms with Gasteiger partial charge in [-0.25, -0.2) is 15.0 Å². The number of rotatable bonds is 4. The fraction of sp³-hybridized carbons (Fsp3) is 0. The lowest BCUT2D eigenvalue weighted by Gasteiger charge is -2.14. The fourth-order valence-corrected chi connectivity index (χ4v) is 9.79. The van der Waals surface area contributed by atoms with Crippen molar-refractivity contribution in [2.24, 2.45) is 0 Å². The molecule has 0 radical (unpaired) electrons. The lowest BCUT2D eigenvalue weighted by molar-refractivity contribution is 0.669. The molecule has 0 saturated heterocycles. The molecule has 0 aliphatic heterocycles. The SMILES string of the molecule is c1cc(-c2nc(-c3cc4ccc5ccccc5c4c4ccccc34)nc(-c3cccc4c3sc3ccccc34)n2)cc(-c2cccc3oc4ccccc4c23)c1. The third-order valence-corrected chi connectivity index (χ3v) is 12.3. The molecule has 3 heterocycles. The van der Waals surface area contributed by atoms with Gasteiger partial charge >= 0.3 is 0 Å². The van der Waals surface area contributed by atoms with Gasteiger partial charge in [-0.15, -0.1) is 11.3 Å². The van der Waals surface area contributed by atoms with Crippen molar-refractivity contribution in [2.45, 2.75) is 0 Å². The first-order chi connectivity index (χ1) is 27.7. The number of furan rings is 1. The maximum atomic E-state index is 6.27. The first-order valence-corrected chi connectivity index (χ1v) is 19.6. The van der Waals surface area contributed by atoms with E-state index in [1.54, 1.807) is 11.3 Å². The van der Waals surface area contributed by atoms with Crippen LogP contribution in [0.2, 0.25) is 0 Å². The van der Waals surface area contributed by atoms with Gasteiger partial charge in [-0.1, -0.05) is 140 Å². The minimum atomic E-state index is 0.622. The van der Waals surface area contributed by atoms with E-state index >= 15 is 0 Å². The van der Waals surface area contributed by atoms with E-state index in [-0.39, 0.29) is 0 Å². The van der Waals surface area contributed by atoms with Crippen molar-refractivity contribution >= 4 is 85.8 Å². The highest BCUT2D eigenvalue weighted by Crippen LogP contribution is 2.42. The van der Waals surface area contributed by atoms with E-state index < -0.39 is 0 Å². The molecule has 0 fully saturated rings. The third-order valence-electron chi connectivity index (χ3n) is 11.1. The summed E-state index contributed by atoms with van der Waals surface area (Å²) >= 11 is 1.79. The molecular weight excluding hydrogens is 703 g/mol. The molecule has 3 aromatic heterocycles. The van der Waals surface area contributed by atoms with E-state index in [2.05, 4.69) is 158 Å². The third kappa shape index (κ3) is 4.75. The zero-order chi connectivity index (χ0) is 36.7. The molecular formula is C51H29N3OS. The van der Waals surface area contributed by atoms with E-state index in [1.807, 2.05) is 18.2 Å². The molecule has 0 aliphatic rings. The van der Waals surface area contributed by atoms with Gasteiger partial charge < -0.3 is 4.42 Å². The lowest BCUT2D eigenvalue weighted by Crippen LogP contribution is -2.01. The average molecular weight is 732 g/mol. The Bertz CT molecular complexity index is 3560. The number of hydrogen-bond donors (Lipinski definition) is 0. The number of nitrogens with zero attached hydrogens (tertiary/aromatic N) is 3. The summed E-state index contributed by atoms with van der Waals surface area (Å²) in [6.07, 6.45) is 0. The standard InChI is InChI=1S/C51H29N3OS/c1-2-15-34-30(12-1)26-27-32-29-42(36-16-3-4-18-38(36)46(32)34)51-53-49(52-50(54-51)41-22-10-21-39-37-17-6-8-25-45(37)56-48(39)41)33-14-9-13-31(28-33)35-20-11-24-44-47(35)40-19-5-7-23-43(40)55-44/h1-29H. The van der Waals surface area contributed by atoms with E-state index in [9.17, 15) is 0 Å². The van der Waals surface area contributed by atoms with Crippen LogP contribution in [0, 0.1) is 0 Å². The molecule has 0 saturated carbocycles. The van der Waals surface area contributed by atoms with Crippen LogP contribution in [-0.4, -0.2) is 15.0 Å². The minimum Gasteiger partial charge on any atom is -0.456 e. The second kappa shape index (κ2) is 12.2. The highest BCUT2D eigenvalue weighted by Gasteiger charge is 2.20. The largest absolute Gasteiger partial charge is 0.456 e. The van der Waals surface area contributed by atoms with Gasteiger partial charge in [-0.2, -0.15) is 0 Å². The fourth-order valence-electron chi connectivity index (χ4n) is 8.57. The van der Waals surface area contributed by atoms with Gasteiger partial charge in [-0.05, 0) is 79.8 Å². The Morgan fingerprint density at radius 3 is 1.89 bits per heavy atom. The number of hydrogen-bond acceptors (Lipinski definition) is 5. The monoisotopic (exact) mass is 731 g/mol. The van der Waals surface area contributed by atoms with E-state index in [4.69, 9.17) is 19.4 Å². The van der Waals surface area contributed by atoms with Crippen LogP contribution >= 0.6 is 11.3 Å². The zero-order valence-electron chi connectivity index (χ0n) is 29.9. The Balaban J connectivity index is 1.13. The molecule has 260 valence electrons. The van der Waals surface area contributed by atoms with Crippen molar-refractivity contribution in [1.82, 2.24) is 15.0 Å². The lowest BCUT2D eigenvalue weighted by atomic mass is 9.93. The van der Waals surface area contributed by atoms with Crippen LogP contribution in [-0.2, 0) is 0 Å². The number of aromatic nitrogens is 3. The molecule has 0 spiro atoms. The predicted octanol–water partition coefficient (Wildman–Crippen LogP) is 14.3. The van der Waals surface area contributed by atoms with Crippen LogP contribution in [0.4, 0.5) is 0 Å². The molecule has 12 rings (SSSR count). The molecule has 5 heteroatoms. The number of thiophene rings is 1. The Morgan fingerprint density at radius 1 is 0.357 bits per heavy atom. The van der Waals surface area contributed by atoms with Gasteiger partial charge in [0.05, 0.1) is 0 Å². The van der Waals surface area contributed by atoms with Crippen molar-refractivity contribution in [1.29, 1.82) is 0 Å². The first kappa shape index (κ1) is 31.2. The summed E-state index contributed by atoms with van der Waals surface area (Å²) in [5, 5.41) is 11.8. The molecule has 56 heavy (non-hydrogen) atoms. The van der Waals surface area contributed by atoms with Crippen LogP contribution < -0.4 is 0 Å². The van der Waals surface area contributed by atoms with Crippen LogP contribution in [0.1, 0.15) is 0 Å². The number of fused-ring (bicyclic) bond motifs is 11. The Kier molecular flexibility index (Phi) is 6.76. The summed E-state index contributed by atoms with van der Waals surface area (Å²) in [6.45, 7) is 0. The van der Waals surface area contributed by atoms with Crippen LogP contribution in [0.5, 0.6) is 0 Å². The van der Waals surface area contributed by atoms with E-state index in [0.29, 0.717) is 17.5 Å². The Hall–Kier alpha value is -7.21. The predicted molar refractivity (Wildman–Crippen MR) is 234 cm³/mol. The normalized spacial score (nSPS) is 11.9. The van der Waals surface area contributed by atoms with Crippen molar-refractivity contribution in [2.75, 3.05) is 0 Å². The van der Waals surface area contributed by atoms with E-state index in [0.717, 1.165) is 60.5 Å². The molecule has 9 aromatic carbocycles. The number of para-hydroxylation sites is 1. The van der Waals surface area contributed by atoms with Crippen molar-refractivity contribution in [3.8, 4) is 45.3 Å². The van der Waals surface area contributed by atoms with Crippen LogP contribution in [0.15, 0.2) is 180 Å². The smallest absolute Gasteiger partial charge is 0.165 e. The van der Waals surface area contributed by atoms with Crippen molar-refractivity contribution < 1.29 is 4.42 Å². The van der Waals surface area contributed by atoms with Gasteiger partial charge in [0.15, 0.2) is 17.5 Å². The number of benzene rings is 9. The summed E-state index contributed by atoms with van der Waals surface area (Å²) in [5.74, 6) is 1.91. The first-order valence-electron chi connectivity index (χ1n) is 18.8. The van der Waals surface area contributed by atoms with Crippen LogP contribution in [0.3, 0.4) is 0 Å². The van der Waals surface area contributed by atoms with Gasteiger partial charge in [0.1, 0.15) is 11.2 Å². The highest BCUT2D eigenvalue weighted by atomic mass is 32.1. The molecule has 0 amide bonds. The van der Waals surface area contributed by atoms with Gasteiger partial charge in [0, 0.05) is 47.6 Å². The Morgan fingerprint density at radius 2 is 0.982 bits per heavy atom. The minimum absolute atomic E-state index is 0.622. The van der Waals surface area contributed by atoms with Crippen LogP contribution in [0.25, 0.3) is 120 Å². The molecule has 4 nitrogen and oxygen atoms in total. The van der Waals surface area contributed by atoms with Crippen molar-refractivity contribution in [3.63, 3.8) is 0 Å². The molecule has 0 unspecified atom stereocenters. The topological polar surface area (TPSA) is 51.8 Å². The zero-order valence-corrected chi connectivity index (χ0v) is 30.7. The van der Waals surface area contributed by atoms with Gasteiger partial charge in [0.25, 0.3) is 0 Å². The van der Waals surface area contributed by atoms with Gasteiger partial charge in [-0.3, -0.25) is 0 Å². The molecule has 0 bridgehead atoms. The Labute approximate surface area is 325 Å². The highest BCUT2D eigenvalue weighted by molar-refractivity contribution is 7.26. The summed E-state index contributed by atoms with van der Waals surface area (Å²) in [5.41, 5.74) is 6.80. The van der Waals surface area contributed by atoms with E-state index in [1.165, 1.54) is 41.7 Å². The molecule has 0 aliphatic carbocycles. The van der Waals surface area contributed by atoms with Gasteiger partial charge in [0.2, 0.25) is 0 Å².